The number of piperidine rings is 1. The van der Waals surface area contributed by atoms with E-state index in [-0.39, 0.29) is 15.8 Å². The highest BCUT2D eigenvalue weighted by atomic mass is 35.5. The third-order valence-corrected chi connectivity index (χ3v) is 7.92. The fraction of sp³-hybridized carbons (Fsp3) is 0.632. The summed E-state index contributed by atoms with van der Waals surface area (Å²) in [6.07, 6.45) is 1.23. The number of piperazine rings is 1. The second-order valence-electron chi connectivity index (χ2n) is 8.00. The van der Waals surface area contributed by atoms with Gasteiger partial charge in [0.05, 0.1) is 18.1 Å². The second kappa shape index (κ2) is 8.47. The van der Waals surface area contributed by atoms with Crippen LogP contribution in [0, 0.1) is 11.8 Å². The molecule has 1 unspecified atom stereocenters. The van der Waals surface area contributed by atoms with E-state index >= 15 is 0 Å². The van der Waals surface area contributed by atoms with Crippen molar-refractivity contribution in [3.05, 3.63) is 29.3 Å². The minimum absolute atomic E-state index is 0.126. The highest BCUT2D eigenvalue weighted by molar-refractivity contribution is 7.89. The van der Waals surface area contributed by atoms with Crippen LogP contribution in [-0.4, -0.2) is 69.3 Å². The van der Waals surface area contributed by atoms with Gasteiger partial charge in [-0.25, -0.2) is 8.42 Å². The van der Waals surface area contributed by atoms with Gasteiger partial charge in [-0.1, -0.05) is 37.6 Å². The van der Waals surface area contributed by atoms with E-state index in [0.29, 0.717) is 44.6 Å². The smallest absolute Gasteiger partial charge is 0.277 e. The monoisotopic (exact) mass is 414 g/mol. The maximum absolute atomic E-state index is 12.8. The molecule has 0 bridgehead atoms. The summed E-state index contributed by atoms with van der Waals surface area (Å²) in [4.78, 5) is 16.0. The topological polar surface area (TPSA) is 62.1 Å². The van der Waals surface area contributed by atoms with Crippen molar-refractivity contribution < 1.29 is 18.1 Å². The van der Waals surface area contributed by atoms with Gasteiger partial charge in [-0.15, -0.1) is 0 Å². The van der Waals surface area contributed by atoms with Crippen LogP contribution in [0.15, 0.2) is 29.2 Å². The van der Waals surface area contributed by atoms with Gasteiger partial charge in [0, 0.05) is 38.0 Å². The predicted molar refractivity (Wildman–Crippen MR) is 105 cm³/mol. The summed E-state index contributed by atoms with van der Waals surface area (Å²) < 4.78 is 27.0. The van der Waals surface area contributed by atoms with E-state index in [4.69, 9.17) is 11.6 Å². The molecular formula is C19H29ClN3O3S+. The second-order valence-corrected chi connectivity index (χ2v) is 10.3. The Kier molecular flexibility index (Phi) is 6.46. The van der Waals surface area contributed by atoms with Crippen LogP contribution in [0.3, 0.4) is 0 Å². The Morgan fingerprint density at radius 1 is 1.11 bits per heavy atom. The zero-order valence-electron chi connectivity index (χ0n) is 16.0. The molecule has 2 heterocycles. The molecule has 1 amide bonds. The number of carbonyl (C=O) groups excluding carboxylic acids is 1. The molecule has 3 atom stereocenters. The zero-order valence-corrected chi connectivity index (χ0v) is 17.6. The van der Waals surface area contributed by atoms with Crippen molar-refractivity contribution >= 4 is 27.5 Å². The van der Waals surface area contributed by atoms with Gasteiger partial charge < -0.3 is 9.80 Å². The van der Waals surface area contributed by atoms with Crippen LogP contribution in [-0.2, 0) is 14.8 Å². The number of nitrogens with zero attached hydrogens (tertiary/aromatic N) is 2. The standard InChI is InChI=1S/C19H28ClN3O3S/c1-15-11-16(2)13-21(12-15)14-19(24)22-7-9-23(10-8-22)27(25,26)18-6-4-3-5-17(18)20/h3-6,15-16H,7-14H2,1-2H3/p+1/t15-,16+. The molecule has 2 saturated heterocycles. The third-order valence-electron chi connectivity index (χ3n) is 5.53. The molecule has 0 aliphatic carbocycles. The molecule has 0 saturated carbocycles. The number of sulfonamides is 1. The Morgan fingerprint density at radius 3 is 2.30 bits per heavy atom. The first-order valence-electron chi connectivity index (χ1n) is 9.63. The van der Waals surface area contributed by atoms with Crippen LogP contribution < -0.4 is 4.90 Å². The zero-order chi connectivity index (χ0) is 19.6. The average molecular weight is 415 g/mol. The summed E-state index contributed by atoms with van der Waals surface area (Å²) in [5, 5.41) is 0.230. The molecule has 2 fully saturated rings. The van der Waals surface area contributed by atoms with Gasteiger partial charge in [-0.3, -0.25) is 4.79 Å². The minimum atomic E-state index is -3.63. The number of rotatable bonds is 4. The number of nitrogens with one attached hydrogen (secondary N) is 1. The Bertz CT molecular complexity index is 768. The molecular weight excluding hydrogens is 386 g/mol. The summed E-state index contributed by atoms with van der Waals surface area (Å²) in [6, 6.07) is 6.49. The predicted octanol–water partition coefficient (Wildman–Crippen LogP) is 0.734. The quantitative estimate of drug-likeness (QED) is 0.790. The van der Waals surface area contributed by atoms with E-state index in [1.54, 1.807) is 23.1 Å². The molecule has 1 N–H and O–H groups in total. The number of quaternary nitrogens is 1. The van der Waals surface area contributed by atoms with Crippen LogP contribution in [0.5, 0.6) is 0 Å². The number of likely N-dealkylation sites (tertiary alicyclic amines) is 1. The molecule has 0 radical (unpaired) electrons. The van der Waals surface area contributed by atoms with E-state index in [9.17, 15) is 13.2 Å². The molecule has 27 heavy (non-hydrogen) atoms. The summed E-state index contributed by atoms with van der Waals surface area (Å²) in [6.45, 7) is 8.56. The Morgan fingerprint density at radius 2 is 1.70 bits per heavy atom. The first-order valence-corrected chi connectivity index (χ1v) is 11.4. The summed E-state index contributed by atoms with van der Waals surface area (Å²) in [5.74, 6) is 1.42. The van der Waals surface area contributed by atoms with Crippen molar-refractivity contribution in [2.75, 3.05) is 45.8 Å². The number of hydrogen-bond acceptors (Lipinski definition) is 3. The van der Waals surface area contributed by atoms with Gasteiger partial charge in [-0.05, 0) is 18.6 Å². The van der Waals surface area contributed by atoms with Crippen molar-refractivity contribution in [1.82, 2.24) is 9.21 Å². The van der Waals surface area contributed by atoms with E-state index < -0.39 is 10.0 Å². The van der Waals surface area contributed by atoms with Crippen molar-refractivity contribution in [1.29, 1.82) is 0 Å². The lowest BCUT2D eigenvalue weighted by Crippen LogP contribution is -3.15. The van der Waals surface area contributed by atoms with Crippen LogP contribution >= 0.6 is 11.6 Å². The first kappa shape index (κ1) is 20.6. The van der Waals surface area contributed by atoms with Crippen LogP contribution in [0.25, 0.3) is 0 Å². The van der Waals surface area contributed by atoms with Crippen molar-refractivity contribution in [3.8, 4) is 0 Å². The number of benzene rings is 1. The average Bonchev–Trinajstić information content (AvgIpc) is 2.61. The lowest BCUT2D eigenvalue weighted by Gasteiger charge is -2.36. The normalized spacial score (nSPS) is 27.5. The third kappa shape index (κ3) is 4.83. The molecule has 3 rings (SSSR count). The van der Waals surface area contributed by atoms with E-state index in [0.717, 1.165) is 13.1 Å². The lowest BCUT2D eigenvalue weighted by molar-refractivity contribution is -0.904. The lowest BCUT2D eigenvalue weighted by atomic mass is 9.92. The van der Waals surface area contributed by atoms with Crippen LogP contribution in [0.1, 0.15) is 20.3 Å². The molecule has 1 aromatic rings. The Labute approximate surface area is 167 Å². The molecule has 1 aromatic carbocycles. The molecule has 2 aliphatic heterocycles. The van der Waals surface area contributed by atoms with Gasteiger partial charge >= 0.3 is 0 Å². The number of carbonyl (C=O) groups is 1. The van der Waals surface area contributed by atoms with E-state index in [1.165, 1.54) is 21.7 Å². The number of hydrogen-bond donors (Lipinski definition) is 1. The van der Waals surface area contributed by atoms with Crippen LogP contribution in [0.2, 0.25) is 5.02 Å². The molecule has 0 aromatic heterocycles. The molecule has 150 valence electrons. The van der Waals surface area contributed by atoms with Gasteiger partial charge in [0.15, 0.2) is 6.54 Å². The maximum atomic E-state index is 12.8. The van der Waals surface area contributed by atoms with Crippen LogP contribution in [0.4, 0.5) is 0 Å². The van der Waals surface area contributed by atoms with Crippen molar-refractivity contribution in [3.63, 3.8) is 0 Å². The maximum Gasteiger partial charge on any atom is 0.277 e. The van der Waals surface area contributed by atoms with Gasteiger partial charge in [0.1, 0.15) is 4.90 Å². The largest absolute Gasteiger partial charge is 0.335 e. The van der Waals surface area contributed by atoms with Crippen molar-refractivity contribution in [2.45, 2.75) is 25.2 Å². The van der Waals surface area contributed by atoms with Gasteiger partial charge in [-0.2, -0.15) is 4.31 Å². The fourth-order valence-corrected chi connectivity index (χ4v) is 6.28. The highest BCUT2D eigenvalue weighted by Crippen LogP contribution is 2.25. The highest BCUT2D eigenvalue weighted by Gasteiger charge is 2.33. The number of amides is 1. The number of halogens is 1. The Hall–Kier alpha value is -1.15. The summed E-state index contributed by atoms with van der Waals surface area (Å²) in [7, 11) is -3.63. The summed E-state index contributed by atoms with van der Waals surface area (Å²) in [5.41, 5.74) is 0. The molecule has 6 nitrogen and oxygen atoms in total. The van der Waals surface area contributed by atoms with Gasteiger partial charge in [0.25, 0.3) is 5.91 Å². The SMILES string of the molecule is C[C@@H]1C[C@H](C)C[NH+](CC(=O)N2CCN(S(=O)(=O)c3ccccc3Cl)CC2)C1. The Balaban J connectivity index is 1.57. The van der Waals surface area contributed by atoms with E-state index in [1.807, 2.05) is 0 Å². The molecule has 0 spiro atoms. The summed E-state index contributed by atoms with van der Waals surface area (Å²) >= 11 is 6.07. The van der Waals surface area contributed by atoms with Gasteiger partial charge in [0.2, 0.25) is 10.0 Å². The molecule has 8 heteroatoms. The minimum Gasteiger partial charge on any atom is -0.335 e. The first-order chi connectivity index (χ1) is 12.8. The fourth-order valence-electron chi connectivity index (χ4n) is 4.36. The van der Waals surface area contributed by atoms with E-state index in [2.05, 4.69) is 13.8 Å². The van der Waals surface area contributed by atoms with Crippen molar-refractivity contribution in [2.24, 2.45) is 11.8 Å². The molecule has 2 aliphatic rings.